The molecular formula is C19H29N3O3. The quantitative estimate of drug-likeness (QED) is 0.817. The minimum Gasteiger partial charge on any atom is -0.373 e. The van der Waals surface area contributed by atoms with Crippen molar-refractivity contribution < 1.29 is 14.3 Å². The molecule has 2 rings (SSSR count). The lowest BCUT2D eigenvalue weighted by Gasteiger charge is -2.41. The van der Waals surface area contributed by atoms with E-state index in [2.05, 4.69) is 24.1 Å². The maximum Gasteiger partial charge on any atom is 0.248 e. The van der Waals surface area contributed by atoms with Crippen molar-refractivity contribution in [3.8, 4) is 0 Å². The first-order valence-corrected chi connectivity index (χ1v) is 8.84. The summed E-state index contributed by atoms with van der Waals surface area (Å²) in [6.07, 6.45) is 0.232. The Kier molecular flexibility index (Phi) is 6.56. The molecule has 0 radical (unpaired) electrons. The van der Waals surface area contributed by atoms with Gasteiger partial charge >= 0.3 is 0 Å². The second-order valence-electron chi connectivity index (χ2n) is 7.18. The summed E-state index contributed by atoms with van der Waals surface area (Å²) in [7, 11) is 0. The highest BCUT2D eigenvalue weighted by molar-refractivity contribution is 5.92. The third-order valence-corrected chi connectivity index (χ3v) is 4.42. The number of primary amides is 1. The van der Waals surface area contributed by atoms with E-state index in [0.29, 0.717) is 12.1 Å². The van der Waals surface area contributed by atoms with E-state index < -0.39 is 5.91 Å². The van der Waals surface area contributed by atoms with Crippen LogP contribution in [0, 0.1) is 5.92 Å². The predicted molar refractivity (Wildman–Crippen MR) is 97.0 cm³/mol. The van der Waals surface area contributed by atoms with Gasteiger partial charge in [-0.25, -0.2) is 0 Å². The van der Waals surface area contributed by atoms with Gasteiger partial charge in [0.05, 0.1) is 18.2 Å². The van der Waals surface area contributed by atoms with Gasteiger partial charge in [-0.3, -0.25) is 14.5 Å². The Balaban J connectivity index is 2.03. The molecule has 3 atom stereocenters. The molecule has 6 nitrogen and oxygen atoms in total. The summed E-state index contributed by atoms with van der Waals surface area (Å²) in [4.78, 5) is 26.3. The van der Waals surface area contributed by atoms with Gasteiger partial charge in [0.2, 0.25) is 11.8 Å². The first kappa shape index (κ1) is 19.4. The second-order valence-corrected chi connectivity index (χ2v) is 7.18. The van der Waals surface area contributed by atoms with Crippen molar-refractivity contribution in [3.05, 3.63) is 35.4 Å². The average molecular weight is 347 g/mol. The zero-order valence-corrected chi connectivity index (χ0v) is 15.5. The summed E-state index contributed by atoms with van der Waals surface area (Å²) in [5.41, 5.74) is 6.61. The number of nitrogens with zero attached hydrogens (tertiary/aromatic N) is 1. The molecule has 138 valence electrons. The summed E-state index contributed by atoms with van der Waals surface area (Å²) in [5, 5.41) is 3.00. The Morgan fingerprint density at radius 2 is 1.92 bits per heavy atom. The van der Waals surface area contributed by atoms with Crippen LogP contribution >= 0.6 is 0 Å². The molecule has 3 unspecified atom stereocenters. The van der Waals surface area contributed by atoms with Crippen LogP contribution in [0.4, 0.5) is 0 Å². The highest BCUT2D eigenvalue weighted by Gasteiger charge is 2.33. The molecule has 3 N–H and O–H groups in total. The number of amides is 2. The van der Waals surface area contributed by atoms with Crippen LogP contribution < -0.4 is 11.1 Å². The summed E-state index contributed by atoms with van der Waals surface area (Å²) >= 11 is 0. The van der Waals surface area contributed by atoms with Crippen molar-refractivity contribution in [1.82, 2.24) is 10.2 Å². The number of morpholine rings is 1. The van der Waals surface area contributed by atoms with Gasteiger partial charge in [0, 0.05) is 25.2 Å². The molecule has 25 heavy (non-hydrogen) atoms. The molecule has 1 saturated heterocycles. The molecular weight excluding hydrogens is 318 g/mol. The van der Waals surface area contributed by atoms with Crippen LogP contribution in [0.25, 0.3) is 0 Å². The number of hydrogen-bond donors (Lipinski definition) is 2. The van der Waals surface area contributed by atoms with Crippen LogP contribution in [0.3, 0.4) is 0 Å². The fourth-order valence-electron chi connectivity index (χ4n) is 3.46. The standard InChI is InChI=1S/C19H29N3O3/c1-12(2)17(22-10-13(3)25-14(4)11-22)19(24)21-9-15-6-5-7-16(8-15)18(20)23/h5-8,12-14,17H,9-11H2,1-4H3,(H2,20,23)(H,21,24). The van der Waals surface area contributed by atoms with Gasteiger partial charge in [0.1, 0.15) is 0 Å². The molecule has 0 spiro atoms. The van der Waals surface area contributed by atoms with E-state index in [0.717, 1.165) is 18.7 Å². The zero-order chi connectivity index (χ0) is 18.6. The average Bonchev–Trinajstić information content (AvgIpc) is 2.52. The lowest BCUT2D eigenvalue weighted by molar-refractivity contribution is -0.135. The third kappa shape index (κ3) is 5.28. The Hall–Kier alpha value is -1.92. The lowest BCUT2D eigenvalue weighted by Crippen LogP contribution is -2.56. The molecule has 1 aromatic rings. The maximum atomic E-state index is 12.8. The van der Waals surface area contributed by atoms with Crippen molar-refractivity contribution in [2.24, 2.45) is 11.7 Å². The van der Waals surface area contributed by atoms with Crippen molar-refractivity contribution in [1.29, 1.82) is 0 Å². The molecule has 0 aliphatic carbocycles. The van der Waals surface area contributed by atoms with Gasteiger partial charge in [0.15, 0.2) is 0 Å². The molecule has 1 aromatic carbocycles. The van der Waals surface area contributed by atoms with Gasteiger partial charge < -0.3 is 15.8 Å². The van der Waals surface area contributed by atoms with Gasteiger partial charge in [-0.2, -0.15) is 0 Å². The predicted octanol–water partition coefficient (Wildman–Crippen LogP) is 1.54. The number of nitrogens with two attached hydrogens (primary N) is 1. The molecule has 6 heteroatoms. The van der Waals surface area contributed by atoms with Crippen molar-refractivity contribution in [2.45, 2.75) is 52.5 Å². The molecule has 1 heterocycles. The zero-order valence-electron chi connectivity index (χ0n) is 15.5. The van der Waals surface area contributed by atoms with Crippen LogP contribution in [0.5, 0.6) is 0 Å². The minimum atomic E-state index is -0.468. The van der Waals surface area contributed by atoms with Gasteiger partial charge in [-0.15, -0.1) is 0 Å². The Morgan fingerprint density at radius 1 is 1.28 bits per heavy atom. The van der Waals surface area contributed by atoms with Crippen LogP contribution in [0.1, 0.15) is 43.6 Å². The molecule has 1 fully saturated rings. The molecule has 1 aliphatic heterocycles. The number of carbonyl (C=O) groups is 2. The number of hydrogen-bond acceptors (Lipinski definition) is 4. The minimum absolute atomic E-state index is 0.000720. The van der Waals surface area contributed by atoms with E-state index >= 15 is 0 Å². The Bertz CT molecular complexity index is 608. The van der Waals surface area contributed by atoms with E-state index in [1.165, 1.54) is 0 Å². The largest absolute Gasteiger partial charge is 0.373 e. The lowest BCUT2D eigenvalue weighted by atomic mass is 9.99. The van der Waals surface area contributed by atoms with Crippen LogP contribution in [0.15, 0.2) is 24.3 Å². The molecule has 0 saturated carbocycles. The fourth-order valence-corrected chi connectivity index (χ4v) is 3.46. The van der Waals surface area contributed by atoms with E-state index in [1.807, 2.05) is 19.9 Å². The molecule has 0 aromatic heterocycles. The Morgan fingerprint density at radius 3 is 2.48 bits per heavy atom. The second kappa shape index (κ2) is 8.45. The van der Waals surface area contributed by atoms with E-state index in [1.54, 1.807) is 18.2 Å². The van der Waals surface area contributed by atoms with Crippen LogP contribution in [-0.2, 0) is 16.1 Å². The monoisotopic (exact) mass is 347 g/mol. The molecule has 1 aliphatic rings. The van der Waals surface area contributed by atoms with Crippen molar-refractivity contribution in [3.63, 3.8) is 0 Å². The summed E-state index contributed by atoms with van der Waals surface area (Å²) < 4.78 is 5.77. The number of benzene rings is 1. The van der Waals surface area contributed by atoms with Crippen LogP contribution in [0.2, 0.25) is 0 Å². The normalized spacial score (nSPS) is 22.6. The number of nitrogens with one attached hydrogen (secondary N) is 1. The SMILES string of the molecule is CC1CN(C(C(=O)NCc2cccc(C(N)=O)c2)C(C)C)CC(C)O1. The van der Waals surface area contributed by atoms with Crippen LogP contribution in [-0.4, -0.2) is 48.1 Å². The Labute approximate surface area is 149 Å². The van der Waals surface area contributed by atoms with E-state index in [4.69, 9.17) is 10.5 Å². The number of rotatable bonds is 6. The number of carbonyl (C=O) groups excluding carboxylic acids is 2. The first-order valence-electron chi connectivity index (χ1n) is 8.84. The summed E-state index contributed by atoms with van der Waals surface area (Å²) in [5.74, 6) is -0.278. The van der Waals surface area contributed by atoms with Crippen molar-refractivity contribution in [2.75, 3.05) is 13.1 Å². The third-order valence-electron chi connectivity index (χ3n) is 4.42. The molecule has 0 bridgehead atoms. The van der Waals surface area contributed by atoms with Gasteiger partial charge in [0.25, 0.3) is 0 Å². The highest BCUT2D eigenvalue weighted by Crippen LogP contribution is 2.19. The van der Waals surface area contributed by atoms with E-state index in [-0.39, 0.29) is 30.1 Å². The maximum absolute atomic E-state index is 12.8. The smallest absolute Gasteiger partial charge is 0.248 e. The highest BCUT2D eigenvalue weighted by atomic mass is 16.5. The first-order chi connectivity index (χ1) is 11.8. The fraction of sp³-hybridized carbons (Fsp3) is 0.579. The summed E-state index contributed by atoms with van der Waals surface area (Å²) in [6.45, 7) is 10.1. The van der Waals surface area contributed by atoms with E-state index in [9.17, 15) is 9.59 Å². The van der Waals surface area contributed by atoms with Crippen molar-refractivity contribution >= 4 is 11.8 Å². The topological polar surface area (TPSA) is 84.7 Å². The summed E-state index contributed by atoms with van der Waals surface area (Å²) in [6, 6.07) is 6.82. The van der Waals surface area contributed by atoms with Gasteiger partial charge in [-0.05, 0) is 37.5 Å². The number of ether oxygens (including phenoxy) is 1. The van der Waals surface area contributed by atoms with Gasteiger partial charge in [-0.1, -0.05) is 26.0 Å². The molecule has 2 amide bonds.